The Bertz CT molecular complexity index is 597. The van der Waals surface area contributed by atoms with Crippen LogP contribution in [0.3, 0.4) is 0 Å². The number of ether oxygens (including phenoxy) is 1. The van der Waals surface area contributed by atoms with Crippen molar-refractivity contribution in [3.63, 3.8) is 0 Å². The number of para-hydroxylation sites is 1. The van der Waals surface area contributed by atoms with Gasteiger partial charge in [0.2, 0.25) is 0 Å². The third-order valence-electron chi connectivity index (χ3n) is 3.83. The van der Waals surface area contributed by atoms with Crippen LogP contribution in [0.25, 0.3) is 0 Å². The topological polar surface area (TPSA) is 24.5 Å². The molecule has 1 aliphatic heterocycles. The molecule has 0 fully saturated rings. The molecule has 3 heteroatoms. The molecule has 0 atom stereocenters. The highest BCUT2D eigenvalue weighted by molar-refractivity contribution is 5.54. The second-order valence-electron chi connectivity index (χ2n) is 5.46. The third kappa shape index (κ3) is 3.56. The van der Waals surface area contributed by atoms with Crippen LogP contribution in [0.5, 0.6) is 5.75 Å². The molecule has 0 aromatic heterocycles. The van der Waals surface area contributed by atoms with Crippen LogP contribution in [-0.2, 0) is 6.54 Å². The summed E-state index contributed by atoms with van der Waals surface area (Å²) in [4.78, 5) is 2.41. The van der Waals surface area contributed by atoms with Crippen LogP contribution in [-0.4, -0.2) is 26.2 Å². The van der Waals surface area contributed by atoms with Gasteiger partial charge in [-0.05, 0) is 36.2 Å². The van der Waals surface area contributed by atoms with Gasteiger partial charge in [0.1, 0.15) is 12.4 Å². The van der Waals surface area contributed by atoms with Gasteiger partial charge in [0.05, 0.1) is 6.54 Å². The second-order valence-corrected chi connectivity index (χ2v) is 5.46. The summed E-state index contributed by atoms with van der Waals surface area (Å²) in [5.41, 5.74) is 3.93. The summed E-state index contributed by atoms with van der Waals surface area (Å²) in [6, 6.07) is 16.8. The Morgan fingerprint density at radius 1 is 1.14 bits per heavy atom. The molecule has 0 radical (unpaired) electrons. The molecule has 0 unspecified atom stereocenters. The van der Waals surface area contributed by atoms with Crippen molar-refractivity contribution >= 4 is 5.69 Å². The average Bonchev–Trinajstić information content (AvgIpc) is 2.70. The van der Waals surface area contributed by atoms with E-state index in [4.69, 9.17) is 4.74 Å². The molecule has 0 spiro atoms. The zero-order valence-electron chi connectivity index (χ0n) is 12.5. The van der Waals surface area contributed by atoms with Crippen molar-refractivity contribution in [1.29, 1.82) is 0 Å². The molecule has 0 amide bonds. The molecule has 21 heavy (non-hydrogen) atoms. The minimum atomic E-state index is 0.706. The molecule has 0 saturated carbocycles. The molecule has 2 aromatic rings. The number of nitrogens with one attached hydrogen (secondary N) is 1. The number of anilines is 1. The summed E-state index contributed by atoms with van der Waals surface area (Å²) in [6.45, 7) is 6.69. The van der Waals surface area contributed by atoms with Crippen LogP contribution in [0.15, 0.2) is 48.5 Å². The Morgan fingerprint density at radius 2 is 2.05 bits per heavy atom. The molecule has 1 heterocycles. The van der Waals surface area contributed by atoms with Gasteiger partial charge in [0, 0.05) is 25.3 Å². The van der Waals surface area contributed by atoms with Crippen molar-refractivity contribution in [3.05, 3.63) is 59.7 Å². The molecule has 0 saturated heterocycles. The maximum absolute atomic E-state index is 5.88. The molecule has 1 N–H and O–H groups in total. The summed E-state index contributed by atoms with van der Waals surface area (Å²) in [6.07, 6.45) is 0. The van der Waals surface area contributed by atoms with Crippen LogP contribution < -0.4 is 15.0 Å². The van der Waals surface area contributed by atoms with E-state index in [1.807, 2.05) is 12.1 Å². The highest BCUT2D eigenvalue weighted by atomic mass is 16.5. The fourth-order valence-corrected chi connectivity index (χ4v) is 2.74. The van der Waals surface area contributed by atoms with E-state index in [-0.39, 0.29) is 0 Å². The van der Waals surface area contributed by atoms with Crippen molar-refractivity contribution in [2.24, 2.45) is 0 Å². The molecule has 3 nitrogen and oxygen atoms in total. The number of benzene rings is 2. The van der Waals surface area contributed by atoms with Crippen molar-refractivity contribution < 1.29 is 4.74 Å². The molecular formula is C18H22N2O. The van der Waals surface area contributed by atoms with Gasteiger partial charge < -0.3 is 15.0 Å². The molecule has 110 valence electrons. The maximum atomic E-state index is 5.88. The minimum absolute atomic E-state index is 0.706. The van der Waals surface area contributed by atoms with Crippen LogP contribution in [0, 0.1) is 6.92 Å². The van der Waals surface area contributed by atoms with Crippen molar-refractivity contribution in [3.8, 4) is 5.75 Å². The summed E-state index contributed by atoms with van der Waals surface area (Å²) in [5.74, 6) is 0.955. The second kappa shape index (κ2) is 6.64. The van der Waals surface area contributed by atoms with Crippen LogP contribution in [0.1, 0.15) is 11.1 Å². The van der Waals surface area contributed by atoms with Gasteiger partial charge in [0.25, 0.3) is 0 Å². The van der Waals surface area contributed by atoms with E-state index in [2.05, 4.69) is 53.5 Å². The summed E-state index contributed by atoms with van der Waals surface area (Å²) >= 11 is 0. The van der Waals surface area contributed by atoms with Crippen molar-refractivity contribution in [2.45, 2.75) is 13.5 Å². The Labute approximate surface area is 126 Å². The Kier molecular flexibility index (Phi) is 4.41. The largest absolute Gasteiger partial charge is 0.492 e. The molecule has 0 aliphatic carbocycles. The Morgan fingerprint density at radius 3 is 2.95 bits per heavy atom. The van der Waals surface area contributed by atoms with Gasteiger partial charge in [-0.1, -0.05) is 30.3 Å². The van der Waals surface area contributed by atoms with Crippen molar-refractivity contribution in [1.82, 2.24) is 5.32 Å². The number of fused-ring (bicyclic) bond motifs is 1. The quantitative estimate of drug-likeness (QED) is 0.933. The molecule has 1 aliphatic rings. The highest BCUT2D eigenvalue weighted by Crippen LogP contribution is 2.22. The van der Waals surface area contributed by atoms with E-state index in [0.717, 1.165) is 31.9 Å². The lowest BCUT2D eigenvalue weighted by molar-refractivity contribution is 0.323. The SMILES string of the molecule is Cc1cccc(OCCN2CCNCc3ccccc32)c1. The molecular weight excluding hydrogens is 260 g/mol. The first-order chi connectivity index (χ1) is 10.3. The normalized spacial score (nSPS) is 14.4. The van der Waals surface area contributed by atoms with Crippen LogP contribution in [0.4, 0.5) is 5.69 Å². The predicted octanol–water partition coefficient (Wildman–Crippen LogP) is 2.98. The average molecular weight is 282 g/mol. The van der Waals surface area contributed by atoms with Crippen LogP contribution in [0.2, 0.25) is 0 Å². The number of nitrogens with zero attached hydrogens (tertiary/aromatic N) is 1. The Balaban J connectivity index is 1.62. The molecule has 0 bridgehead atoms. The van der Waals surface area contributed by atoms with Gasteiger partial charge >= 0.3 is 0 Å². The van der Waals surface area contributed by atoms with Gasteiger partial charge in [-0.15, -0.1) is 0 Å². The maximum Gasteiger partial charge on any atom is 0.119 e. The van der Waals surface area contributed by atoms with Gasteiger partial charge in [0.15, 0.2) is 0 Å². The highest BCUT2D eigenvalue weighted by Gasteiger charge is 2.13. The van der Waals surface area contributed by atoms with E-state index in [9.17, 15) is 0 Å². The lowest BCUT2D eigenvalue weighted by atomic mass is 10.1. The zero-order valence-corrected chi connectivity index (χ0v) is 12.5. The van der Waals surface area contributed by atoms with E-state index in [1.54, 1.807) is 0 Å². The lowest BCUT2D eigenvalue weighted by Crippen LogP contribution is -2.32. The number of hydrogen-bond acceptors (Lipinski definition) is 3. The Hall–Kier alpha value is -2.00. The fraction of sp³-hybridized carbons (Fsp3) is 0.333. The third-order valence-corrected chi connectivity index (χ3v) is 3.83. The number of hydrogen-bond donors (Lipinski definition) is 1. The van der Waals surface area contributed by atoms with Crippen LogP contribution >= 0.6 is 0 Å². The fourth-order valence-electron chi connectivity index (χ4n) is 2.74. The summed E-state index contributed by atoms with van der Waals surface area (Å²) in [5, 5.41) is 3.47. The summed E-state index contributed by atoms with van der Waals surface area (Å²) in [7, 11) is 0. The summed E-state index contributed by atoms with van der Waals surface area (Å²) < 4.78 is 5.88. The van der Waals surface area contributed by atoms with E-state index < -0.39 is 0 Å². The first-order valence-electron chi connectivity index (χ1n) is 7.56. The van der Waals surface area contributed by atoms with E-state index in [0.29, 0.717) is 6.61 Å². The monoisotopic (exact) mass is 282 g/mol. The zero-order chi connectivity index (χ0) is 14.5. The van der Waals surface area contributed by atoms with Gasteiger partial charge in [-0.25, -0.2) is 0 Å². The van der Waals surface area contributed by atoms with E-state index in [1.165, 1.54) is 16.8 Å². The standard InChI is InChI=1S/C18H22N2O/c1-15-5-4-7-17(13-15)21-12-11-20-10-9-19-14-16-6-2-3-8-18(16)20/h2-8,13,19H,9-12,14H2,1H3. The predicted molar refractivity (Wildman–Crippen MR) is 87.0 cm³/mol. The number of rotatable bonds is 4. The van der Waals surface area contributed by atoms with Gasteiger partial charge in [-0.2, -0.15) is 0 Å². The lowest BCUT2D eigenvalue weighted by Gasteiger charge is -2.24. The van der Waals surface area contributed by atoms with E-state index >= 15 is 0 Å². The van der Waals surface area contributed by atoms with Crippen molar-refractivity contribution in [2.75, 3.05) is 31.1 Å². The number of aryl methyl sites for hydroxylation is 1. The minimum Gasteiger partial charge on any atom is -0.492 e. The smallest absolute Gasteiger partial charge is 0.119 e. The first-order valence-corrected chi connectivity index (χ1v) is 7.56. The molecule has 3 rings (SSSR count). The van der Waals surface area contributed by atoms with Gasteiger partial charge in [-0.3, -0.25) is 0 Å². The first kappa shape index (κ1) is 14.0. The molecule has 2 aromatic carbocycles.